The molecule has 0 saturated carbocycles. The maximum absolute atomic E-state index is 6.21. The van der Waals surface area contributed by atoms with Gasteiger partial charge in [0.05, 0.1) is 59.9 Å². The standard InChI is InChI=1S/C23H17O.C21H20P.C20H18P.C19H15Cl.C14H23O.C8H11O/c1-4-10-18(11-5-1)21-16-22(19-12-6-2-7-13-19)24-23(17-21)20-14-8-3-9-15-20;1-2-18-22(19-12-6-3-7-13-19,20-14-8-4-9-15-20)21-16-10-5-11-17-21;1-2-21(18-12-6-3-7-13-18,19-14-8-4-9-15-19)20-16-10-5-11-17-20;20-18-13-11-17(12-14-18)19(15-7-3-1-4-8-15)16-9-5-2-6-10-16;1-10-8-11(13(2,3)4)15-12(9-10)14(5,6)7;1-6-4-7(2)9-8(3)5-6/h1-17H;2-17H,1,18H2;2-17H,1H2;1-14,19H;8-9H,1-7H3;4-5H,1-3H3/q3*+1;;2*+1. The van der Waals surface area contributed by atoms with Gasteiger partial charge in [-0.3, -0.25) is 0 Å². The molecule has 3 heterocycles. The smallest absolute Gasteiger partial charge is 0.218 e. The van der Waals surface area contributed by atoms with Crippen LogP contribution in [0.1, 0.15) is 98.3 Å². The molecule has 0 aliphatic heterocycles. The van der Waals surface area contributed by atoms with E-state index in [9.17, 15) is 0 Å². The molecule has 0 fully saturated rings. The number of hydrogen-bond donors (Lipinski definition) is 0. The molecule has 0 amide bonds. The van der Waals surface area contributed by atoms with Crippen molar-refractivity contribution in [2.45, 2.75) is 86.0 Å². The van der Waals surface area contributed by atoms with Crippen LogP contribution >= 0.6 is 26.1 Å². The summed E-state index contributed by atoms with van der Waals surface area (Å²) in [6, 6.07) is 137. The van der Waals surface area contributed by atoms with Gasteiger partial charge in [-0.2, -0.15) is 0 Å². The molecule has 15 aromatic rings. The third-order valence-corrected chi connectivity index (χ3v) is 27.3. The van der Waals surface area contributed by atoms with Gasteiger partial charge < -0.3 is 0 Å². The summed E-state index contributed by atoms with van der Waals surface area (Å²) in [6.07, 6.45) is 3.05. The first-order valence-corrected chi connectivity index (χ1v) is 42.2. The van der Waals surface area contributed by atoms with Gasteiger partial charge in [-0.1, -0.05) is 280 Å². The van der Waals surface area contributed by atoms with Crippen molar-refractivity contribution in [3.8, 4) is 33.8 Å². The Balaban J connectivity index is 0.000000144. The fraction of sp³-hybridized carbons (Fsp3) is 0.133. The van der Waals surface area contributed by atoms with E-state index >= 15 is 0 Å². The monoisotopic (exact) mass is 1510 g/mol. The molecule has 0 N–H and O–H groups in total. The zero-order valence-electron chi connectivity index (χ0n) is 65.9. The van der Waals surface area contributed by atoms with Crippen LogP contribution in [-0.4, -0.2) is 6.16 Å². The van der Waals surface area contributed by atoms with Gasteiger partial charge in [0, 0.05) is 40.8 Å². The zero-order valence-corrected chi connectivity index (χ0v) is 68.4. The Hall–Kier alpha value is -11.3. The summed E-state index contributed by atoms with van der Waals surface area (Å²) in [5.41, 5.74) is 11.0. The van der Waals surface area contributed by atoms with E-state index in [1.807, 2.05) is 92.7 Å². The normalized spacial score (nSPS) is 11.0. The largest absolute Gasteiger partial charge is 0.361 e. The fourth-order valence-corrected chi connectivity index (χ4v) is 21.0. The zero-order chi connectivity index (χ0) is 78.5. The number of allylic oxidation sites excluding steroid dienone is 1. The van der Waals surface area contributed by atoms with Crippen LogP contribution in [0.15, 0.2) is 433 Å². The molecule has 3 nitrogen and oxygen atoms in total. The van der Waals surface area contributed by atoms with Crippen LogP contribution in [0, 0.1) is 27.7 Å². The summed E-state index contributed by atoms with van der Waals surface area (Å²) in [4.78, 5) is 0. The second-order valence-electron chi connectivity index (χ2n) is 29.4. The van der Waals surface area contributed by atoms with Gasteiger partial charge in [-0.05, 0) is 198 Å². The number of aryl methyl sites for hydroxylation is 4. The molecule has 6 heteroatoms. The first kappa shape index (κ1) is 82.2. The maximum Gasteiger partial charge on any atom is 0.361 e. The molecule has 0 saturated heterocycles. The predicted octanol–water partition coefficient (Wildman–Crippen LogP) is 27.3. The Morgan fingerprint density at radius 3 is 0.883 bits per heavy atom. The summed E-state index contributed by atoms with van der Waals surface area (Å²) in [5, 5.41) is 9.03. The summed E-state index contributed by atoms with van der Waals surface area (Å²) < 4.78 is 17.5. The van der Waals surface area contributed by atoms with Crippen LogP contribution in [0.5, 0.6) is 0 Å². The maximum atomic E-state index is 6.21. The van der Waals surface area contributed by atoms with Crippen molar-refractivity contribution >= 4 is 58.0 Å². The molecule has 0 unspecified atom stereocenters. The third kappa shape index (κ3) is 22.7. The predicted molar refractivity (Wildman–Crippen MR) is 483 cm³/mol. The summed E-state index contributed by atoms with van der Waals surface area (Å²) in [7, 11) is -3.44. The number of halogens is 1. The second-order valence-corrected chi connectivity index (χ2v) is 36.7. The van der Waals surface area contributed by atoms with E-state index in [-0.39, 0.29) is 16.7 Å². The first-order valence-electron chi connectivity index (χ1n) is 38.0. The number of rotatable bonds is 15. The lowest BCUT2D eigenvalue weighted by atomic mass is 9.85. The van der Waals surface area contributed by atoms with Gasteiger partial charge in [0.25, 0.3) is 0 Å². The molecule has 15 rings (SSSR count). The molecule has 0 radical (unpaired) electrons. The van der Waals surface area contributed by atoms with Crippen molar-refractivity contribution in [1.82, 2.24) is 0 Å². The van der Waals surface area contributed by atoms with Crippen molar-refractivity contribution in [3.05, 3.63) is 475 Å². The van der Waals surface area contributed by atoms with Crippen LogP contribution in [0.3, 0.4) is 0 Å². The minimum Gasteiger partial charge on any atom is -0.218 e. The van der Waals surface area contributed by atoms with E-state index < -0.39 is 14.5 Å². The van der Waals surface area contributed by atoms with E-state index in [0.717, 1.165) is 62.4 Å². The Morgan fingerprint density at radius 1 is 0.306 bits per heavy atom. The quantitative estimate of drug-likeness (QED) is 0.0444. The Morgan fingerprint density at radius 2 is 0.586 bits per heavy atom. The topological polar surface area (TPSA) is 33.9 Å². The van der Waals surface area contributed by atoms with E-state index in [4.69, 9.17) is 24.9 Å². The van der Waals surface area contributed by atoms with Crippen LogP contribution < -0.4 is 31.8 Å². The summed E-state index contributed by atoms with van der Waals surface area (Å²) >= 11 is 6.01. The molecule has 0 atom stereocenters. The van der Waals surface area contributed by atoms with Crippen LogP contribution in [0.2, 0.25) is 5.02 Å². The molecular formula is C105H104ClO3P2+5. The minimum absolute atomic E-state index is 0.0754. The third-order valence-electron chi connectivity index (χ3n) is 18.8. The number of hydrogen-bond acceptors (Lipinski definition) is 0. The van der Waals surface area contributed by atoms with Crippen LogP contribution in [0.25, 0.3) is 33.8 Å². The lowest BCUT2D eigenvalue weighted by Gasteiger charge is -2.26. The molecule has 0 bridgehead atoms. The van der Waals surface area contributed by atoms with Crippen molar-refractivity contribution < 1.29 is 13.3 Å². The average molecular weight is 1510 g/mol. The molecule has 0 spiro atoms. The van der Waals surface area contributed by atoms with Crippen molar-refractivity contribution in [2.24, 2.45) is 0 Å². The van der Waals surface area contributed by atoms with Crippen molar-refractivity contribution in [2.75, 3.05) is 6.16 Å². The molecular weight excluding hydrogens is 1410 g/mol. The second kappa shape index (κ2) is 40.4. The summed E-state index contributed by atoms with van der Waals surface area (Å²) in [6.45, 7) is 29.4. The summed E-state index contributed by atoms with van der Waals surface area (Å²) in [5.74, 6) is 8.23. The SMILES string of the molecule is C=CC[P+](c1ccccc1)(c1ccccc1)c1ccccc1.C=C[P+](c1ccccc1)(c1ccccc1)c1ccccc1.Cc1cc(C(C)(C)C)[o+]c(C(C)(C)C)c1.Cc1cc(C)[o+]c(C)c1.Clc1ccc(C(c2ccccc2)c2ccccc2)cc1.c1ccc(-c2cc(-c3ccccc3)[o+]c(-c3ccccc3)c2)cc1. The molecule has 0 aliphatic rings. The van der Waals surface area contributed by atoms with Gasteiger partial charge >= 0.3 is 34.6 Å². The highest BCUT2D eigenvalue weighted by atomic mass is 35.5. The molecule has 554 valence electrons. The van der Waals surface area contributed by atoms with Gasteiger partial charge in [0.1, 0.15) is 46.4 Å². The highest BCUT2D eigenvalue weighted by molar-refractivity contribution is 7.98. The number of benzene rings is 12. The Bertz CT molecular complexity index is 4800. The van der Waals surface area contributed by atoms with E-state index in [1.165, 1.54) is 65.2 Å². The van der Waals surface area contributed by atoms with Crippen LogP contribution in [0.4, 0.5) is 0 Å². The van der Waals surface area contributed by atoms with Gasteiger partial charge in [-0.15, -0.1) is 0 Å². The van der Waals surface area contributed by atoms with Gasteiger partial charge in [-0.25, -0.2) is 13.3 Å². The molecule has 12 aromatic carbocycles. The lowest BCUT2D eigenvalue weighted by Crippen LogP contribution is -2.32. The Kier molecular flexibility index (Phi) is 29.9. The van der Waals surface area contributed by atoms with Crippen molar-refractivity contribution in [3.63, 3.8) is 0 Å². The fourth-order valence-electron chi connectivity index (χ4n) is 13.4. The van der Waals surface area contributed by atoms with E-state index in [0.29, 0.717) is 0 Å². The first-order chi connectivity index (χ1) is 53.8. The molecule has 111 heavy (non-hydrogen) atoms. The van der Waals surface area contributed by atoms with E-state index in [2.05, 4.69) is 396 Å². The van der Waals surface area contributed by atoms with Gasteiger partial charge in [0.2, 0.25) is 0 Å². The Labute approximate surface area is 667 Å². The molecule has 3 aromatic heterocycles. The average Bonchev–Trinajstić information content (AvgIpc) is 0.764. The van der Waals surface area contributed by atoms with Crippen molar-refractivity contribution in [1.29, 1.82) is 0 Å². The molecule has 0 aliphatic carbocycles. The minimum atomic E-state index is -1.77. The van der Waals surface area contributed by atoms with Gasteiger partial charge in [0.15, 0.2) is 0 Å². The lowest BCUT2D eigenvalue weighted by molar-refractivity contribution is 0.328. The highest BCUT2D eigenvalue weighted by Crippen LogP contribution is 2.57. The van der Waals surface area contributed by atoms with Crippen LogP contribution in [-0.2, 0) is 10.8 Å². The van der Waals surface area contributed by atoms with E-state index in [1.54, 1.807) is 0 Å². The highest BCUT2D eigenvalue weighted by Gasteiger charge is 2.45.